The van der Waals surface area contributed by atoms with E-state index >= 15 is 0 Å². The van der Waals surface area contributed by atoms with Gasteiger partial charge in [-0.3, -0.25) is 4.79 Å². The van der Waals surface area contributed by atoms with Gasteiger partial charge in [-0.05, 0) is 23.8 Å². The summed E-state index contributed by atoms with van der Waals surface area (Å²) in [4.78, 5) is 10.5. The number of aldehydes is 1. The number of aromatic nitrogens is 1. The monoisotopic (exact) mass is 297 g/mol. The van der Waals surface area contributed by atoms with Gasteiger partial charge in [-0.2, -0.15) is 0 Å². The second-order valence-corrected chi connectivity index (χ2v) is 4.79. The van der Waals surface area contributed by atoms with Crippen molar-refractivity contribution in [1.29, 1.82) is 0 Å². The van der Waals surface area contributed by atoms with Crippen LogP contribution in [0.25, 0.3) is 0 Å². The highest BCUT2D eigenvalue weighted by atomic mass is 79.9. The molecule has 0 saturated carbocycles. The van der Waals surface area contributed by atoms with Crippen LogP contribution < -0.4 is 0 Å². The Labute approximate surface area is 107 Å². The Hall–Kier alpha value is -1.06. The zero-order valence-electron chi connectivity index (χ0n) is 8.36. The standard InChI is InChI=1S/C12H9BrClNO/c13-11-2-1-10(12(14)5-11)7-15-4-3-9(6-15)8-16/h1-6,8H,7H2. The fourth-order valence-electron chi connectivity index (χ4n) is 1.47. The van der Waals surface area contributed by atoms with E-state index < -0.39 is 0 Å². The maximum absolute atomic E-state index is 10.5. The summed E-state index contributed by atoms with van der Waals surface area (Å²) >= 11 is 9.47. The Kier molecular flexibility index (Phi) is 3.46. The number of halogens is 2. The molecule has 0 unspecified atom stereocenters. The molecule has 2 nitrogen and oxygen atoms in total. The van der Waals surface area contributed by atoms with Crippen LogP contribution in [0.4, 0.5) is 0 Å². The molecule has 0 atom stereocenters. The molecule has 1 aromatic heterocycles. The van der Waals surface area contributed by atoms with Crippen LogP contribution in [0.1, 0.15) is 15.9 Å². The number of carbonyl (C=O) groups is 1. The lowest BCUT2D eigenvalue weighted by Gasteiger charge is -2.05. The van der Waals surface area contributed by atoms with Crippen molar-refractivity contribution in [1.82, 2.24) is 4.57 Å². The minimum Gasteiger partial charge on any atom is -0.349 e. The Balaban J connectivity index is 2.23. The van der Waals surface area contributed by atoms with E-state index in [1.807, 2.05) is 29.0 Å². The van der Waals surface area contributed by atoms with Crippen molar-refractivity contribution in [2.75, 3.05) is 0 Å². The topological polar surface area (TPSA) is 22.0 Å². The fraction of sp³-hybridized carbons (Fsp3) is 0.0833. The van der Waals surface area contributed by atoms with Crippen LogP contribution in [0, 0.1) is 0 Å². The number of carbonyl (C=O) groups excluding carboxylic acids is 1. The van der Waals surface area contributed by atoms with E-state index in [-0.39, 0.29) is 0 Å². The summed E-state index contributed by atoms with van der Waals surface area (Å²) in [6.07, 6.45) is 4.49. The minimum atomic E-state index is 0.667. The molecule has 0 spiro atoms. The summed E-state index contributed by atoms with van der Waals surface area (Å²) < 4.78 is 2.89. The lowest BCUT2D eigenvalue weighted by atomic mass is 10.2. The van der Waals surface area contributed by atoms with Crippen molar-refractivity contribution < 1.29 is 4.79 Å². The Morgan fingerprint density at radius 2 is 2.19 bits per heavy atom. The van der Waals surface area contributed by atoms with Gasteiger partial charge in [0.05, 0.1) is 0 Å². The Morgan fingerprint density at radius 3 is 2.81 bits per heavy atom. The van der Waals surface area contributed by atoms with Gasteiger partial charge < -0.3 is 4.57 Å². The first-order valence-corrected chi connectivity index (χ1v) is 5.91. The Morgan fingerprint density at radius 1 is 1.38 bits per heavy atom. The lowest BCUT2D eigenvalue weighted by molar-refractivity contribution is 0.112. The smallest absolute Gasteiger partial charge is 0.151 e. The highest BCUT2D eigenvalue weighted by molar-refractivity contribution is 9.10. The molecule has 1 aromatic carbocycles. The molecule has 0 aliphatic heterocycles. The zero-order valence-corrected chi connectivity index (χ0v) is 10.7. The van der Waals surface area contributed by atoms with Crippen LogP contribution in [-0.4, -0.2) is 10.9 Å². The molecule has 2 aromatic rings. The van der Waals surface area contributed by atoms with E-state index in [4.69, 9.17) is 11.6 Å². The number of hydrogen-bond donors (Lipinski definition) is 0. The molecule has 4 heteroatoms. The number of nitrogens with zero attached hydrogens (tertiary/aromatic N) is 1. The van der Waals surface area contributed by atoms with Gasteiger partial charge in [0.15, 0.2) is 6.29 Å². The normalized spacial score (nSPS) is 10.4. The van der Waals surface area contributed by atoms with E-state index in [9.17, 15) is 4.79 Å². The zero-order chi connectivity index (χ0) is 11.5. The number of benzene rings is 1. The molecule has 0 radical (unpaired) electrons. The molecule has 0 amide bonds. The predicted octanol–water partition coefficient (Wildman–Crippen LogP) is 3.76. The van der Waals surface area contributed by atoms with Gasteiger partial charge in [0.1, 0.15) is 0 Å². The molecule has 0 aliphatic rings. The molecule has 82 valence electrons. The van der Waals surface area contributed by atoms with Crippen LogP contribution in [-0.2, 0) is 6.54 Å². The van der Waals surface area contributed by atoms with Crippen molar-refractivity contribution >= 4 is 33.8 Å². The minimum absolute atomic E-state index is 0.667. The second kappa shape index (κ2) is 4.85. The van der Waals surface area contributed by atoms with Gasteiger partial charge in [-0.15, -0.1) is 0 Å². The van der Waals surface area contributed by atoms with Crippen LogP contribution in [0.3, 0.4) is 0 Å². The second-order valence-electron chi connectivity index (χ2n) is 3.47. The third kappa shape index (κ3) is 2.54. The van der Waals surface area contributed by atoms with E-state index in [1.54, 1.807) is 12.3 Å². The highest BCUT2D eigenvalue weighted by Crippen LogP contribution is 2.22. The summed E-state index contributed by atoms with van der Waals surface area (Å²) in [5, 5.41) is 0.718. The van der Waals surface area contributed by atoms with Gasteiger partial charge in [0.2, 0.25) is 0 Å². The summed E-state index contributed by atoms with van der Waals surface area (Å²) in [6, 6.07) is 7.55. The van der Waals surface area contributed by atoms with Gasteiger partial charge in [0.25, 0.3) is 0 Å². The van der Waals surface area contributed by atoms with Crippen molar-refractivity contribution in [3.8, 4) is 0 Å². The predicted molar refractivity (Wildman–Crippen MR) is 68.1 cm³/mol. The molecular weight excluding hydrogens is 289 g/mol. The molecule has 0 bridgehead atoms. The van der Waals surface area contributed by atoms with Crippen LogP contribution >= 0.6 is 27.5 Å². The fourth-order valence-corrected chi connectivity index (χ4v) is 2.21. The highest BCUT2D eigenvalue weighted by Gasteiger charge is 2.02. The molecular formula is C12H9BrClNO. The Bertz CT molecular complexity index is 521. The van der Waals surface area contributed by atoms with E-state index in [0.717, 1.165) is 21.3 Å². The van der Waals surface area contributed by atoms with Crippen LogP contribution in [0.5, 0.6) is 0 Å². The maximum atomic E-state index is 10.5. The van der Waals surface area contributed by atoms with Crippen LogP contribution in [0.2, 0.25) is 5.02 Å². The van der Waals surface area contributed by atoms with Gasteiger partial charge in [0, 0.05) is 34.0 Å². The van der Waals surface area contributed by atoms with Crippen molar-refractivity contribution in [3.05, 3.63) is 57.3 Å². The molecule has 0 N–H and O–H groups in total. The van der Waals surface area contributed by atoms with E-state index in [2.05, 4.69) is 15.9 Å². The average molecular weight is 299 g/mol. The number of hydrogen-bond acceptors (Lipinski definition) is 1. The van der Waals surface area contributed by atoms with Crippen molar-refractivity contribution in [2.45, 2.75) is 6.54 Å². The van der Waals surface area contributed by atoms with Crippen LogP contribution in [0.15, 0.2) is 41.1 Å². The lowest BCUT2D eigenvalue weighted by Crippen LogP contribution is -1.97. The summed E-state index contributed by atoms with van der Waals surface area (Å²) in [5.74, 6) is 0. The molecule has 0 fully saturated rings. The van der Waals surface area contributed by atoms with Crippen molar-refractivity contribution in [3.63, 3.8) is 0 Å². The first-order chi connectivity index (χ1) is 7.69. The molecule has 0 saturated heterocycles. The van der Waals surface area contributed by atoms with Gasteiger partial charge >= 0.3 is 0 Å². The van der Waals surface area contributed by atoms with E-state index in [0.29, 0.717) is 12.1 Å². The largest absolute Gasteiger partial charge is 0.349 e. The maximum Gasteiger partial charge on any atom is 0.151 e. The summed E-state index contributed by atoms with van der Waals surface area (Å²) in [7, 11) is 0. The van der Waals surface area contributed by atoms with E-state index in [1.165, 1.54) is 0 Å². The summed E-state index contributed by atoms with van der Waals surface area (Å²) in [5.41, 5.74) is 1.70. The SMILES string of the molecule is O=Cc1ccn(Cc2ccc(Br)cc2Cl)c1. The average Bonchev–Trinajstić information content (AvgIpc) is 2.70. The summed E-state index contributed by atoms with van der Waals surface area (Å²) in [6.45, 7) is 0.667. The van der Waals surface area contributed by atoms with Crippen molar-refractivity contribution in [2.24, 2.45) is 0 Å². The first kappa shape index (κ1) is 11.4. The third-order valence-electron chi connectivity index (χ3n) is 2.28. The molecule has 1 heterocycles. The van der Waals surface area contributed by atoms with Gasteiger partial charge in [-0.25, -0.2) is 0 Å². The number of rotatable bonds is 3. The molecule has 2 rings (SSSR count). The molecule has 16 heavy (non-hydrogen) atoms. The third-order valence-corrected chi connectivity index (χ3v) is 3.12. The first-order valence-electron chi connectivity index (χ1n) is 4.74. The van der Waals surface area contributed by atoms with Gasteiger partial charge in [-0.1, -0.05) is 33.6 Å². The quantitative estimate of drug-likeness (QED) is 0.791. The molecule has 0 aliphatic carbocycles.